The molecule has 0 radical (unpaired) electrons. The molecule has 0 spiro atoms. The summed E-state index contributed by atoms with van der Waals surface area (Å²) in [5.74, 6) is 0.108. The summed E-state index contributed by atoms with van der Waals surface area (Å²) in [5, 5.41) is 3.93. The lowest BCUT2D eigenvalue weighted by atomic mass is 10.2. The number of anilines is 1. The van der Waals surface area contributed by atoms with Crippen LogP contribution in [0.2, 0.25) is 5.02 Å². The minimum absolute atomic E-state index is 0.0874. The van der Waals surface area contributed by atoms with Crippen LogP contribution in [0.4, 0.5) is 5.69 Å². The van der Waals surface area contributed by atoms with Gasteiger partial charge in [0, 0.05) is 29.1 Å². The molecule has 150 valence electrons. The fourth-order valence-corrected chi connectivity index (χ4v) is 4.50. The zero-order chi connectivity index (χ0) is 20.4. The summed E-state index contributed by atoms with van der Waals surface area (Å²) < 4.78 is 36.1. The van der Waals surface area contributed by atoms with Crippen molar-refractivity contribution >= 4 is 43.9 Å². The number of rotatable bonds is 5. The van der Waals surface area contributed by atoms with E-state index in [4.69, 9.17) is 21.1 Å². The summed E-state index contributed by atoms with van der Waals surface area (Å²) in [7, 11) is -3.67. The molecule has 0 saturated heterocycles. The highest BCUT2D eigenvalue weighted by Crippen LogP contribution is 2.32. The van der Waals surface area contributed by atoms with E-state index < -0.39 is 15.7 Å². The Kier molecular flexibility index (Phi) is 5.29. The van der Waals surface area contributed by atoms with E-state index in [9.17, 15) is 13.2 Å². The van der Waals surface area contributed by atoms with Gasteiger partial charge in [0.05, 0.1) is 21.9 Å². The van der Waals surface area contributed by atoms with Gasteiger partial charge >= 0.3 is 0 Å². The Bertz CT molecular complexity index is 1200. The largest absolute Gasteiger partial charge is 0.486 e. The fourth-order valence-electron chi connectivity index (χ4n) is 3.03. The first-order valence-corrected chi connectivity index (χ1v) is 10.9. The molecule has 0 atom stereocenters. The molecule has 1 aliphatic heterocycles. The second-order valence-corrected chi connectivity index (χ2v) is 9.00. The first kappa shape index (κ1) is 19.5. The summed E-state index contributed by atoms with van der Waals surface area (Å²) in [5.41, 5.74) is 1.02. The maximum atomic E-state index is 12.6. The van der Waals surface area contributed by atoms with E-state index in [0.29, 0.717) is 40.9 Å². The number of fused-ring (bicyclic) bond motifs is 2. The van der Waals surface area contributed by atoms with Gasteiger partial charge in [-0.1, -0.05) is 17.7 Å². The van der Waals surface area contributed by atoms with E-state index in [1.165, 1.54) is 12.1 Å². The summed E-state index contributed by atoms with van der Waals surface area (Å²) in [6.07, 6.45) is 1.40. The predicted molar refractivity (Wildman–Crippen MR) is 109 cm³/mol. The van der Waals surface area contributed by atoms with E-state index >= 15 is 0 Å². The monoisotopic (exact) mass is 432 g/mol. The molecule has 1 aliphatic rings. The molecule has 0 unspecified atom stereocenters. The third-order valence-corrected chi connectivity index (χ3v) is 6.35. The van der Waals surface area contributed by atoms with Crippen molar-refractivity contribution in [2.24, 2.45) is 0 Å². The molecule has 2 aromatic carbocycles. The van der Waals surface area contributed by atoms with Gasteiger partial charge in [-0.3, -0.25) is 9.78 Å². The molecule has 7 nitrogen and oxygen atoms in total. The van der Waals surface area contributed by atoms with Crippen LogP contribution in [0.15, 0.2) is 53.6 Å². The second kappa shape index (κ2) is 7.88. The van der Waals surface area contributed by atoms with Gasteiger partial charge < -0.3 is 14.8 Å². The fraction of sp³-hybridized carbons (Fsp3) is 0.200. The highest BCUT2D eigenvalue weighted by atomic mass is 35.5. The van der Waals surface area contributed by atoms with E-state index in [1.807, 2.05) is 6.07 Å². The number of amides is 1. The molecule has 4 rings (SSSR count). The van der Waals surface area contributed by atoms with Crippen LogP contribution in [0.5, 0.6) is 11.5 Å². The van der Waals surface area contributed by atoms with Crippen molar-refractivity contribution in [1.82, 2.24) is 4.98 Å². The SMILES string of the molecule is O=C(CCS(=O)(=O)c1ccc2c(c1)OCCO2)Nc1cc(Cl)cc2cccnc12. The third kappa shape index (κ3) is 4.28. The molecule has 9 heteroatoms. The Morgan fingerprint density at radius 1 is 1.10 bits per heavy atom. The summed E-state index contributed by atoms with van der Waals surface area (Å²) in [6, 6.07) is 11.4. The summed E-state index contributed by atoms with van der Waals surface area (Å²) in [4.78, 5) is 16.7. The number of sulfone groups is 1. The highest BCUT2D eigenvalue weighted by Gasteiger charge is 2.21. The topological polar surface area (TPSA) is 94.6 Å². The third-order valence-electron chi connectivity index (χ3n) is 4.41. The number of halogens is 1. The Hall–Kier alpha value is -2.84. The number of carbonyl (C=O) groups excluding carboxylic acids is 1. The lowest BCUT2D eigenvalue weighted by Crippen LogP contribution is -2.19. The maximum absolute atomic E-state index is 12.6. The van der Waals surface area contributed by atoms with E-state index in [0.717, 1.165) is 5.39 Å². The van der Waals surface area contributed by atoms with Crippen molar-refractivity contribution in [2.75, 3.05) is 24.3 Å². The van der Waals surface area contributed by atoms with Crippen LogP contribution in [0.25, 0.3) is 10.9 Å². The number of pyridine rings is 1. The first-order valence-electron chi connectivity index (χ1n) is 8.89. The average molecular weight is 433 g/mol. The number of aromatic nitrogens is 1. The molecule has 1 amide bonds. The molecule has 2 heterocycles. The highest BCUT2D eigenvalue weighted by molar-refractivity contribution is 7.91. The number of hydrogen-bond acceptors (Lipinski definition) is 6. The summed E-state index contributed by atoms with van der Waals surface area (Å²) in [6.45, 7) is 0.785. The molecule has 0 bridgehead atoms. The minimum atomic E-state index is -3.67. The van der Waals surface area contributed by atoms with Gasteiger partial charge in [-0.15, -0.1) is 0 Å². The first-order chi connectivity index (χ1) is 13.9. The molecular formula is C20H17ClN2O5S. The lowest BCUT2D eigenvalue weighted by molar-refractivity contribution is -0.115. The molecule has 1 N–H and O–H groups in total. The Morgan fingerprint density at radius 3 is 2.72 bits per heavy atom. The van der Waals surface area contributed by atoms with Crippen LogP contribution in [0, 0.1) is 0 Å². The van der Waals surface area contributed by atoms with Crippen molar-refractivity contribution < 1.29 is 22.7 Å². The van der Waals surface area contributed by atoms with Gasteiger partial charge in [0.2, 0.25) is 5.91 Å². The zero-order valence-corrected chi connectivity index (χ0v) is 16.8. The maximum Gasteiger partial charge on any atom is 0.225 e. The van der Waals surface area contributed by atoms with Crippen LogP contribution < -0.4 is 14.8 Å². The van der Waals surface area contributed by atoms with Crippen molar-refractivity contribution in [3.8, 4) is 11.5 Å². The molecule has 0 fully saturated rings. The molecular weight excluding hydrogens is 416 g/mol. The molecule has 1 aromatic heterocycles. The molecule has 3 aromatic rings. The van der Waals surface area contributed by atoms with E-state index in [2.05, 4.69) is 10.3 Å². The van der Waals surface area contributed by atoms with Crippen LogP contribution in [0.3, 0.4) is 0 Å². The smallest absolute Gasteiger partial charge is 0.225 e. The van der Waals surface area contributed by atoms with Crippen LogP contribution in [-0.4, -0.2) is 38.3 Å². The van der Waals surface area contributed by atoms with Gasteiger partial charge in [-0.05, 0) is 30.3 Å². The van der Waals surface area contributed by atoms with E-state index in [1.54, 1.807) is 30.5 Å². The van der Waals surface area contributed by atoms with Gasteiger partial charge in [0.1, 0.15) is 13.2 Å². The molecule has 0 aliphatic carbocycles. The molecule has 29 heavy (non-hydrogen) atoms. The van der Waals surface area contributed by atoms with Gasteiger partial charge in [-0.25, -0.2) is 8.42 Å². The standard InChI is InChI=1S/C20H17ClN2O5S/c21-14-10-13-2-1-6-22-20(13)16(11-14)23-19(24)5-9-29(25,26)15-3-4-17-18(12-15)28-8-7-27-17/h1-4,6,10-12H,5,7-9H2,(H,23,24). The van der Waals surface area contributed by atoms with E-state index in [-0.39, 0.29) is 17.1 Å². The number of nitrogens with one attached hydrogen (secondary N) is 1. The van der Waals surface area contributed by atoms with Crippen LogP contribution >= 0.6 is 11.6 Å². The second-order valence-electron chi connectivity index (χ2n) is 6.45. The van der Waals surface area contributed by atoms with Crippen LogP contribution in [0.1, 0.15) is 6.42 Å². The number of hydrogen-bond donors (Lipinski definition) is 1. The van der Waals surface area contributed by atoms with Gasteiger partial charge in [0.15, 0.2) is 21.3 Å². The predicted octanol–water partition coefficient (Wildman–Crippen LogP) is 3.46. The number of nitrogens with zero attached hydrogens (tertiary/aromatic N) is 1. The van der Waals surface area contributed by atoms with Crippen molar-refractivity contribution in [2.45, 2.75) is 11.3 Å². The minimum Gasteiger partial charge on any atom is -0.486 e. The van der Waals surface area contributed by atoms with Crippen LogP contribution in [-0.2, 0) is 14.6 Å². The number of ether oxygens (including phenoxy) is 2. The Balaban J connectivity index is 1.47. The summed E-state index contributed by atoms with van der Waals surface area (Å²) >= 11 is 6.10. The quantitative estimate of drug-likeness (QED) is 0.663. The van der Waals surface area contributed by atoms with Gasteiger partial charge in [-0.2, -0.15) is 0 Å². The zero-order valence-electron chi connectivity index (χ0n) is 15.2. The van der Waals surface area contributed by atoms with Gasteiger partial charge in [0.25, 0.3) is 0 Å². The normalized spacial score (nSPS) is 13.3. The Labute approximate surface area is 172 Å². The van der Waals surface area contributed by atoms with Crippen molar-refractivity contribution in [1.29, 1.82) is 0 Å². The average Bonchev–Trinajstić information content (AvgIpc) is 2.72. The van der Waals surface area contributed by atoms with Crippen molar-refractivity contribution in [3.05, 3.63) is 53.7 Å². The lowest BCUT2D eigenvalue weighted by Gasteiger charge is -2.18. The van der Waals surface area contributed by atoms with Crippen molar-refractivity contribution in [3.63, 3.8) is 0 Å². The number of carbonyl (C=O) groups is 1. The Morgan fingerprint density at radius 2 is 1.90 bits per heavy atom. The molecule has 0 saturated carbocycles. The number of benzene rings is 2.